The standard InChI is InChI=1S/C14H24N2OS/c1-14(2,12-8-7-11-18-12)15-13(17)9-5-6-10-16(3)4/h7-8,11H,5-6,9-10H2,1-4H3,(H,15,17). The zero-order chi connectivity index (χ0) is 13.6. The summed E-state index contributed by atoms with van der Waals surface area (Å²) in [5, 5.41) is 5.15. The van der Waals surface area contributed by atoms with Crippen LogP contribution in [0.2, 0.25) is 0 Å². The second kappa shape index (κ2) is 6.90. The van der Waals surface area contributed by atoms with E-state index >= 15 is 0 Å². The van der Waals surface area contributed by atoms with Gasteiger partial charge < -0.3 is 10.2 Å². The SMILES string of the molecule is CN(C)CCCCC(=O)NC(C)(C)c1cccs1. The van der Waals surface area contributed by atoms with Crippen molar-refractivity contribution in [1.82, 2.24) is 10.2 Å². The van der Waals surface area contributed by atoms with E-state index in [9.17, 15) is 4.79 Å². The molecule has 0 spiro atoms. The van der Waals surface area contributed by atoms with E-state index < -0.39 is 0 Å². The second-order valence-corrected chi connectivity index (χ2v) is 6.36. The first-order valence-electron chi connectivity index (χ1n) is 6.41. The highest BCUT2D eigenvalue weighted by atomic mass is 32.1. The first-order chi connectivity index (χ1) is 8.42. The van der Waals surface area contributed by atoms with Crippen LogP contribution in [0, 0.1) is 0 Å². The van der Waals surface area contributed by atoms with Gasteiger partial charge in [0.25, 0.3) is 0 Å². The first kappa shape index (κ1) is 15.2. The zero-order valence-corrected chi connectivity index (χ0v) is 12.6. The van der Waals surface area contributed by atoms with Gasteiger partial charge in [0.1, 0.15) is 0 Å². The molecule has 1 N–H and O–H groups in total. The molecule has 0 saturated carbocycles. The van der Waals surface area contributed by atoms with Gasteiger partial charge in [0, 0.05) is 11.3 Å². The third-order valence-electron chi connectivity index (χ3n) is 2.85. The van der Waals surface area contributed by atoms with E-state index in [1.165, 1.54) is 4.88 Å². The van der Waals surface area contributed by atoms with Crippen LogP contribution >= 0.6 is 11.3 Å². The van der Waals surface area contributed by atoms with Crippen LogP contribution in [0.25, 0.3) is 0 Å². The Bertz CT molecular complexity index is 358. The molecule has 0 aromatic carbocycles. The number of hydrogen-bond acceptors (Lipinski definition) is 3. The molecule has 0 fully saturated rings. The molecule has 0 aliphatic carbocycles. The largest absolute Gasteiger partial charge is 0.346 e. The molecule has 1 rings (SSSR count). The summed E-state index contributed by atoms with van der Waals surface area (Å²) in [6.07, 6.45) is 2.63. The van der Waals surface area contributed by atoms with Gasteiger partial charge >= 0.3 is 0 Å². The van der Waals surface area contributed by atoms with Crippen molar-refractivity contribution in [2.24, 2.45) is 0 Å². The van der Waals surface area contributed by atoms with Crippen molar-refractivity contribution in [1.29, 1.82) is 0 Å². The predicted molar refractivity (Wildman–Crippen MR) is 77.9 cm³/mol. The highest BCUT2D eigenvalue weighted by Gasteiger charge is 2.23. The highest BCUT2D eigenvalue weighted by molar-refractivity contribution is 7.10. The maximum atomic E-state index is 11.9. The van der Waals surface area contributed by atoms with Crippen molar-refractivity contribution in [2.75, 3.05) is 20.6 Å². The fraction of sp³-hybridized carbons (Fsp3) is 0.643. The molecule has 1 heterocycles. The lowest BCUT2D eigenvalue weighted by molar-refractivity contribution is -0.122. The molecule has 1 aromatic rings. The number of nitrogens with one attached hydrogen (secondary N) is 1. The quantitative estimate of drug-likeness (QED) is 0.771. The average Bonchev–Trinajstić information content (AvgIpc) is 2.77. The molecular formula is C14H24N2OS. The molecule has 0 aliphatic rings. The summed E-state index contributed by atoms with van der Waals surface area (Å²) in [6, 6.07) is 4.09. The fourth-order valence-corrected chi connectivity index (χ4v) is 2.63. The van der Waals surface area contributed by atoms with Gasteiger partial charge in [-0.15, -0.1) is 11.3 Å². The van der Waals surface area contributed by atoms with Crippen LogP contribution in [-0.2, 0) is 10.3 Å². The van der Waals surface area contributed by atoms with Crippen LogP contribution in [0.4, 0.5) is 0 Å². The Morgan fingerprint density at radius 2 is 2.11 bits per heavy atom. The van der Waals surface area contributed by atoms with Gasteiger partial charge in [-0.25, -0.2) is 0 Å². The van der Waals surface area contributed by atoms with Gasteiger partial charge in [-0.1, -0.05) is 6.07 Å². The Hall–Kier alpha value is -0.870. The molecule has 0 radical (unpaired) electrons. The summed E-state index contributed by atoms with van der Waals surface area (Å²) in [5.74, 6) is 0.146. The minimum atomic E-state index is -0.257. The smallest absolute Gasteiger partial charge is 0.220 e. The Labute approximate surface area is 114 Å². The lowest BCUT2D eigenvalue weighted by Crippen LogP contribution is -2.40. The van der Waals surface area contributed by atoms with Crippen LogP contribution in [0.3, 0.4) is 0 Å². The van der Waals surface area contributed by atoms with E-state index in [1.807, 2.05) is 11.4 Å². The second-order valence-electron chi connectivity index (χ2n) is 5.41. The van der Waals surface area contributed by atoms with E-state index in [4.69, 9.17) is 0 Å². The molecule has 0 saturated heterocycles. The van der Waals surface area contributed by atoms with Gasteiger partial charge in [-0.3, -0.25) is 4.79 Å². The molecule has 18 heavy (non-hydrogen) atoms. The number of carbonyl (C=O) groups is 1. The van der Waals surface area contributed by atoms with Crippen LogP contribution < -0.4 is 5.32 Å². The number of unbranched alkanes of at least 4 members (excludes halogenated alkanes) is 1. The summed E-state index contributed by atoms with van der Waals surface area (Å²) in [4.78, 5) is 15.2. The van der Waals surface area contributed by atoms with Crippen molar-refractivity contribution in [3.05, 3.63) is 22.4 Å². The minimum absolute atomic E-state index is 0.146. The normalized spacial score (nSPS) is 11.8. The number of carbonyl (C=O) groups excluding carboxylic acids is 1. The van der Waals surface area contributed by atoms with Gasteiger partial charge in [0.05, 0.1) is 5.54 Å². The van der Waals surface area contributed by atoms with Crippen molar-refractivity contribution in [2.45, 2.75) is 38.6 Å². The molecule has 1 aromatic heterocycles. The molecule has 0 aliphatic heterocycles. The topological polar surface area (TPSA) is 32.3 Å². The molecule has 0 bridgehead atoms. The Morgan fingerprint density at radius 1 is 1.39 bits per heavy atom. The minimum Gasteiger partial charge on any atom is -0.346 e. The van der Waals surface area contributed by atoms with Crippen LogP contribution in [0.1, 0.15) is 38.0 Å². The zero-order valence-electron chi connectivity index (χ0n) is 11.8. The summed E-state index contributed by atoms with van der Waals surface area (Å²) < 4.78 is 0. The summed E-state index contributed by atoms with van der Waals surface area (Å²) in [5.41, 5.74) is -0.257. The third-order valence-corrected chi connectivity index (χ3v) is 4.04. The van der Waals surface area contributed by atoms with E-state index in [0.29, 0.717) is 6.42 Å². The summed E-state index contributed by atoms with van der Waals surface area (Å²) in [7, 11) is 4.11. The third kappa shape index (κ3) is 5.19. The lowest BCUT2D eigenvalue weighted by Gasteiger charge is -2.25. The molecule has 0 atom stereocenters. The van der Waals surface area contributed by atoms with Gasteiger partial charge in [0.15, 0.2) is 0 Å². The van der Waals surface area contributed by atoms with E-state index in [2.05, 4.69) is 44.2 Å². The van der Waals surface area contributed by atoms with E-state index in [0.717, 1.165) is 19.4 Å². The highest BCUT2D eigenvalue weighted by Crippen LogP contribution is 2.24. The predicted octanol–water partition coefficient (Wildman–Crippen LogP) is 2.83. The molecule has 102 valence electrons. The van der Waals surface area contributed by atoms with Crippen molar-refractivity contribution >= 4 is 17.2 Å². The molecule has 1 amide bonds. The monoisotopic (exact) mass is 268 g/mol. The summed E-state index contributed by atoms with van der Waals surface area (Å²) >= 11 is 1.68. The number of hydrogen-bond donors (Lipinski definition) is 1. The van der Waals surface area contributed by atoms with Crippen LogP contribution in [-0.4, -0.2) is 31.4 Å². The van der Waals surface area contributed by atoms with E-state index in [-0.39, 0.29) is 11.4 Å². The Kier molecular flexibility index (Phi) is 5.82. The fourth-order valence-electron chi connectivity index (χ4n) is 1.82. The van der Waals surface area contributed by atoms with Crippen LogP contribution in [0.5, 0.6) is 0 Å². The summed E-state index contributed by atoms with van der Waals surface area (Å²) in [6.45, 7) is 5.15. The number of nitrogens with zero attached hydrogens (tertiary/aromatic N) is 1. The molecular weight excluding hydrogens is 244 g/mol. The van der Waals surface area contributed by atoms with Crippen molar-refractivity contribution in [3.63, 3.8) is 0 Å². The molecule has 4 heteroatoms. The van der Waals surface area contributed by atoms with Gasteiger partial charge in [-0.05, 0) is 58.8 Å². The number of amides is 1. The van der Waals surface area contributed by atoms with Gasteiger partial charge in [-0.2, -0.15) is 0 Å². The number of rotatable bonds is 7. The molecule has 0 unspecified atom stereocenters. The Balaban J connectivity index is 2.31. The Morgan fingerprint density at radius 3 is 2.67 bits per heavy atom. The first-order valence-corrected chi connectivity index (χ1v) is 7.29. The maximum absolute atomic E-state index is 11.9. The molecule has 3 nitrogen and oxygen atoms in total. The van der Waals surface area contributed by atoms with Crippen LogP contribution in [0.15, 0.2) is 17.5 Å². The van der Waals surface area contributed by atoms with Gasteiger partial charge in [0.2, 0.25) is 5.91 Å². The van der Waals surface area contributed by atoms with E-state index in [1.54, 1.807) is 11.3 Å². The van der Waals surface area contributed by atoms with Crippen molar-refractivity contribution < 1.29 is 4.79 Å². The van der Waals surface area contributed by atoms with Crippen molar-refractivity contribution in [3.8, 4) is 0 Å². The average molecular weight is 268 g/mol. The lowest BCUT2D eigenvalue weighted by atomic mass is 10.0. The number of thiophene rings is 1. The maximum Gasteiger partial charge on any atom is 0.220 e.